The van der Waals surface area contributed by atoms with Crippen molar-refractivity contribution in [2.75, 3.05) is 0 Å². The summed E-state index contributed by atoms with van der Waals surface area (Å²) in [5, 5.41) is 1.74. The topological polar surface area (TPSA) is 12.9 Å². The van der Waals surface area contributed by atoms with E-state index < -0.39 is 0 Å². The highest BCUT2D eigenvalue weighted by molar-refractivity contribution is 9.11. The predicted molar refractivity (Wildman–Crippen MR) is 71.6 cm³/mol. The highest BCUT2D eigenvalue weighted by Crippen LogP contribution is 2.36. The molecule has 0 aliphatic rings. The molecule has 0 bridgehead atoms. The Morgan fingerprint density at radius 1 is 1.13 bits per heavy atom. The maximum Gasteiger partial charge on any atom is 0.0873 e. The van der Waals surface area contributed by atoms with Crippen LogP contribution in [-0.2, 0) is 0 Å². The lowest BCUT2D eigenvalue weighted by molar-refractivity contribution is 1.19. The normalized spacial score (nSPS) is 11.0. The Morgan fingerprint density at radius 2 is 1.73 bits per heavy atom. The molecule has 0 spiro atoms. The van der Waals surface area contributed by atoms with Crippen LogP contribution in [0, 0.1) is 13.8 Å². The fraction of sp³-hybridized carbons (Fsp3) is 0.182. The average Bonchev–Trinajstić information content (AvgIpc) is 2.20. The fourth-order valence-electron chi connectivity index (χ4n) is 1.46. The van der Waals surface area contributed by atoms with Crippen molar-refractivity contribution >= 4 is 54.4 Å². The van der Waals surface area contributed by atoms with Crippen LogP contribution < -0.4 is 0 Å². The van der Waals surface area contributed by atoms with Crippen LogP contribution in [0.1, 0.15) is 11.3 Å². The van der Waals surface area contributed by atoms with Gasteiger partial charge in [0.15, 0.2) is 0 Å². The minimum absolute atomic E-state index is 0.769. The predicted octanol–water partition coefficient (Wildman–Crippen LogP) is 5.03. The second-order valence-electron chi connectivity index (χ2n) is 3.39. The molecule has 78 valence electrons. The molecule has 0 aliphatic heterocycles. The van der Waals surface area contributed by atoms with Crippen LogP contribution in [-0.4, -0.2) is 4.98 Å². The maximum atomic E-state index is 6.32. The van der Waals surface area contributed by atoms with Gasteiger partial charge in [0.25, 0.3) is 0 Å². The molecule has 1 aromatic heterocycles. The molecule has 0 fully saturated rings. The van der Waals surface area contributed by atoms with Crippen molar-refractivity contribution in [3.63, 3.8) is 0 Å². The Hall–Kier alpha value is -0.120. The van der Waals surface area contributed by atoms with Gasteiger partial charge in [0.1, 0.15) is 0 Å². The molecule has 0 unspecified atom stereocenters. The number of benzene rings is 1. The molecule has 0 radical (unpaired) electrons. The fourth-order valence-corrected chi connectivity index (χ4v) is 2.84. The lowest BCUT2D eigenvalue weighted by atomic mass is 10.1. The van der Waals surface area contributed by atoms with E-state index in [0.717, 1.165) is 36.1 Å². The molecule has 4 heteroatoms. The van der Waals surface area contributed by atoms with E-state index >= 15 is 0 Å². The third-order valence-electron chi connectivity index (χ3n) is 2.45. The molecule has 1 heterocycles. The van der Waals surface area contributed by atoms with E-state index in [1.165, 1.54) is 0 Å². The van der Waals surface area contributed by atoms with E-state index in [1.807, 2.05) is 26.0 Å². The van der Waals surface area contributed by atoms with Crippen LogP contribution in [0.3, 0.4) is 0 Å². The quantitative estimate of drug-likeness (QED) is 0.650. The summed E-state index contributed by atoms with van der Waals surface area (Å²) in [6.07, 6.45) is 0. The van der Waals surface area contributed by atoms with E-state index in [0.29, 0.717) is 0 Å². The van der Waals surface area contributed by atoms with Crippen molar-refractivity contribution in [3.05, 3.63) is 37.4 Å². The molecular formula is C11H8Br2ClN. The van der Waals surface area contributed by atoms with Gasteiger partial charge in [0.05, 0.1) is 10.5 Å². The van der Waals surface area contributed by atoms with Crippen molar-refractivity contribution in [2.24, 2.45) is 0 Å². The SMILES string of the molecule is Cc1nc2c(Br)ccc(Br)c2c(Cl)c1C. The van der Waals surface area contributed by atoms with E-state index in [2.05, 4.69) is 36.8 Å². The van der Waals surface area contributed by atoms with Crippen LogP contribution in [0.5, 0.6) is 0 Å². The Labute approximate surface area is 110 Å². The molecule has 0 saturated carbocycles. The number of halogens is 3. The summed E-state index contributed by atoms with van der Waals surface area (Å²) >= 11 is 13.3. The molecule has 0 amide bonds. The highest BCUT2D eigenvalue weighted by Gasteiger charge is 2.12. The Balaban J connectivity index is 3.04. The van der Waals surface area contributed by atoms with Gasteiger partial charge in [0.2, 0.25) is 0 Å². The molecular weight excluding hydrogens is 341 g/mol. The maximum absolute atomic E-state index is 6.32. The van der Waals surface area contributed by atoms with Gasteiger partial charge < -0.3 is 0 Å². The summed E-state index contributed by atoms with van der Waals surface area (Å²) in [5.74, 6) is 0. The van der Waals surface area contributed by atoms with Gasteiger partial charge in [-0.1, -0.05) is 27.5 Å². The van der Waals surface area contributed by atoms with Gasteiger partial charge >= 0.3 is 0 Å². The van der Waals surface area contributed by atoms with Gasteiger partial charge in [0, 0.05) is 20.0 Å². The molecule has 1 nitrogen and oxygen atoms in total. The smallest absolute Gasteiger partial charge is 0.0873 e. The molecule has 2 aromatic rings. The van der Waals surface area contributed by atoms with Gasteiger partial charge in [-0.15, -0.1) is 0 Å². The summed E-state index contributed by atoms with van der Waals surface area (Å²) in [4.78, 5) is 4.54. The Kier molecular flexibility index (Phi) is 3.06. The van der Waals surface area contributed by atoms with E-state index in [-0.39, 0.29) is 0 Å². The standard InChI is InChI=1S/C11H8Br2ClN/c1-5-6(2)15-11-8(13)4-3-7(12)9(11)10(5)14/h3-4H,1-2H3. The van der Waals surface area contributed by atoms with Gasteiger partial charge in [-0.2, -0.15) is 0 Å². The first-order valence-electron chi connectivity index (χ1n) is 4.42. The van der Waals surface area contributed by atoms with Crippen LogP contribution >= 0.6 is 43.5 Å². The van der Waals surface area contributed by atoms with E-state index in [1.54, 1.807) is 0 Å². The molecule has 0 N–H and O–H groups in total. The minimum Gasteiger partial charge on any atom is -0.252 e. The number of rotatable bonds is 0. The van der Waals surface area contributed by atoms with Crippen LogP contribution in [0.4, 0.5) is 0 Å². The zero-order valence-electron chi connectivity index (χ0n) is 8.24. The number of aryl methyl sites for hydroxylation is 1. The van der Waals surface area contributed by atoms with Crippen molar-refractivity contribution in [2.45, 2.75) is 13.8 Å². The van der Waals surface area contributed by atoms with Gasteiger partial charge in [-0.25, -0.2) is 0 Å². The number of aromatic nitrogens is 1. The molecule has 0 aliphatic carbocycles. The van der Waals surface area contributed by atoms with Crippen molar-refractivity contribution in [3.8, 4) is 0 Å². The second-order valence-corrected chi connectivity index (χ2v) is 5.48. The minimum atomic E-state index is 0.769. The molecule has 0 saturated heterocycles. The summed E-state index contributed by atoms with van der Waals surface area (Å²) < 4.78 is 1.94. The number of fused-ring (bicyclic) bond motifs is 1. The molecule has 15 heavy (non-hydrogen) atoms. The van der Waals surface area contributed by atoms with E-state index in [4.69, 9.17) is 11.6 Å². The first kappa shape index (κ1) is 11.4. The van der Waals surface area contributed by atoms with Crippen molar-refractivity contribution < 1.29 is 0 Å². The first-order valence-corrected chi connectivity index (χ1v) is 6.39. The number of pyridine rings is 1. The van der Waals surface area contributed by atoms with Crippen molar-refractivity contribution in [1.29, 1.82) is 0 Å². The molecule has 2 rings (SSSR count). The first-order chi connectivity index (χ1) is 7.02. The third kappa shape index (κ3) is 1.81. The number of hydrogen-bond donors (Lipinski definition) is 0. The van der Waals surface area contributed by atoms with Crippen LogP contribution in [0.25, 0.3) is 10.9 Å². The second kappa shape index (κ2) is 4.04. The molecule has 1 aromatic carbocycles. The summed E-state index contributed by atoms with van der Waals surface area (Å²) in [6.45, 7) is 3.95. The monoisotopic (exact) mass is 347 g/mol. The zero-order valence-corrected chi connectivity index (χ0v) is 12.2. The number of hydrogen-bond acceptors (Lipinski definition) is 1. The molecule has 0 atom stereocenters. The van der Waals surface area contributed by atoms with E-state index in [9.17, 15) is 0 Å². The lowest BCUT2D eigenvalue weighted by Gasteiger charge is -2.09. The highest BCUT2D eigenvalue weighted by atomic mass is 79.9. The van der Waals surface area contributed by atoms with Crippen LogP contribution in [0.15, 0.2) is 21.1 Å². The summed E-state index contributed by atoms with van der Waals surface area (Å²) in [7, 11) is 0. The lowest BCUT2D eigenvalue weighted by Crippen LogP contribution is -1.92. The summed E-state index contributed by atoms with van der Waals surface area (Å²) in [5.41, 5.74) is 2.90. The summed E-state index contributed by atoms with van der Waals surface area (Å²) in [6, 6.07) is 3.93. The zero-order chi connectivity index (χ0) is 11.2. The van der Waals surface area contributed by atoms with Gasteiger partial charge in [-0.05, 0) is 47.5 Å². The largest absolute Gasteiger partial charge is 0.252 e. The van der Waals surface area contributed by atoms with Crippen molar-refractivity contribution in [1.82, 2.24) is 4.98 Å². The Morgan fingerprint density at radius 3 is 2.40 bits per heavy atom. The van der Waals surface area contributed by atoms with Gasteiger partial charge in [-0.3, -0.25) is 4.98 Å². The van der Waals surface area contributed by atoms with Crippen LogP contribution in [0.2, 0.25) is 5.02 Å². The third-order valence-corrected chi connectivity index (χ3v) is 4.22. The Bertz CT molecular complexity index is 552. The average molecular weight is 349 g/mol. The number of nitrogens with zero attached hydrogens (tertiary/aromatic N) is 1.